The van der Waals surface area contributed by atoms with Crippen LogP contribution in [-0.2, 0) is 9.53 Å². The minimum Gasteiger partial charge on any atom is -0.481 e. The molecule has 2 unspecified atom stereocenters. The van der Waals surface area contributed by atoms with Crippen LogP contribution in [0.25, 0.3) is 0 Å². The van der Waals surface area contributed by atoms with Gasteiger partial charge in [0.25, 0.3) is 0 Å². The summed E-state index contributed by atoms with van der Waals surface area (Å²) in [7, 11) is 0. The Morgan fingerprint density at radius 3 is 2.84 bits per heavy atom. The lowest BCUT2D eigenvalue weighted by Gasteiger charge is -2.39. The number of morpholine rings is 1. The van der Waals surface area contributed by atoms with E-state index < -0.39 is 5.97 Å². The van der Waals surface area contributed by atoms with Gasteiger partial charge in [0.2, 0.25) is 0 Å². The predicted molar refractivity (Wildman–Crippen MR) is 73.0 cm³/mol. The van der Waals surface area contributed by atoms with Crippen LogP contribution < -0.4 is 0 Å². The molecule has 1 aliphatic heterocycles. The molecule has 0 amide bonds. The zero-order chi connectivity index (χ0) is 13.7. The molecule has 2 rings (SSSR count). The van der Waals surface area contributed by atoms with E-state index in [-0.39, 0.29) is 18.6 Å². The van der Waals surface area contributed by atoms with Gasteiger partial charge < -0.3 is 9.84 Å². The molecule has 19 heavy (non-hydrogen) atoms. The van der Waals surface area contributed by atoms with E-state index >= 15 is 0 Å². The summed E-state index contributed by atoms with van der Waals surface area (Å²) in [5, 5.41) is 8.73. The van der Waals surface area contributed by atoms with Crippen molar-refractivity contribution < 1.29 is 14.6 Å². The van der Waals surface area contributed by atoms with Gasteiger partial charge in [-0.05, 0) is 25.5 Å². The van der Waals surface area contributed by atoms with Gasteiger partial charge >= 0.3 is 5.97 Å². The van der Waals surface area contributed by atoms with Crippen LogP contribution in [0.2, 0.25) is 0 Å². The third-order valence-corrected chi connectivity index (χ3v) is 3.49. The number of carboxylic acid groups (broad SMARTS) is 1. The molecule has 1 N–H and O–H groups in total. The van der Waals surface area contributed by atoms with Crippen molar-refractivity contribution in [2.24, 2.45) is 0 Å². The molecule has 1 aliphatic rings. The topological polar surface area (TPSA) is 49.8 Å². The average Bonchev–Trinajstić information content (AvgIpc) is 2.39. The number of hydrogen-bond donors (Lipinski definition) is 1. The lowest BCUT2D eigenvalue weighted by atomic mass is 10.0. The van der Waals surface area contributed by atoms with Crippen LogP contribution in [0.5, 0.6) is 0 Å². The largest absolute Gasteiger partial charge is 0.481 e. The summed E-state index contributed by atoms with van der Waals surface area (Å²) in [6, 6.07) is 10.5. The summed E-state index contributed by atoms with van der Waals surface area (Å²) in [5.41, 5.74) is 1.24. The first-order valence-corrected chi connectivity index (χ1v) is 6.79. The van der Waals surface area contributed by atoms with E-state index in [1.54, 1.807) is 0 Å². The number of carboxylic acids is 1. The SMILES string of the molecule is CC1CN(CCCC(=O)O)C(c2ccccc2)CO1. The van der Waals surface area contributed by atoms with E-state index in [0.717, 1.165) is 13.1 Å². The van der Waals surface area contributed by atoms with Gasteiger partial charge in [-0.1, -0.05) is 30.3 Å². The van der Waals surface area contributed by atoms with Crippen molar-refractivity contribution in [2.75, 3.05) is 19.7 Å². The van der Waals surface area contributed by atoms with E-state index in [4.69, 9.17) is 9.84 Å². The number of carbonyl (C=O) groups is 1. The Balaban J connectivity index is 2.00. The van der Waals surface area contributed by atoms with Gasteiger partial charge in [-0.2, -0.15) is 0 Å². The van der Waals surface area contributed by atoms with Gasteiger partial charge in [0.05, 0.1) is 18.8 Å². The predicted octanol–water partition coefficient (Wildman–Crippen LogP) is 2.31. The van der Waals surface area contributed by atoms with E-state index in [1.807, 2.05) is 18.2 Å². The Morgan fingerprint density at radius 1 is 1.42 bits per heavy atom. The maximum atomic E-state index is 10.6. The molecule has 1 aromatic rings. The van der Waals surface area contributed by atoms with E-state index in [2.05, 4.69) is 24.0 Å². The third kappa shape index (κ3) is 4.04. The summed E-state index contributed by atoms with van der Waals surface area (Å²) < 4.78 is 5.74. The Bertz CT molecular complexity index is 407. The lowest BCUT2D eigenvalue weighted by molar-refractivity contribution is -0.137. The van der Waals surface area contributed by atoms with Crippen molar-refractivity contribution in [3.05, 3.63) is 35.9 Å². The summed E-state index contributed by atoms with van der Waals surface area (Å²) in [6.07, 6.45) is 1.13. The molecule has 0 aliphatic carbocycles. The van der Waals surface area contributed by atoms with Crippen LogP contribution in [-0.4, -0.2) is 41.8 Å². The summed E-state index contributed by atoms with van der Waals surface area (Å²) in [4.78, 5) is 13.0. The van der Waals surface area contributed by atoms with Crippen molar-refractivity contribution >= 4 is 5.97 Å². The monoisotopic (exact) mass is 263 g/mol. The second kappa shape index (κ2) is 6.68. The molecular formula is C15H21NO3. The fourth-order valence-corrected chi connectivity index (χ4v) is 2.53. The lowest BCUT2D eigenvalue weighted by Crippen LogP contribution is -2.44. The Morgan fingerprint density at radius 2 is 2.16 bits per heavy atom. The van der Waals surface area contributed by atoms with Crippen LogP contribution in [0.4, 0.5) is 0 Å². The molecule has 0 saturated carbocycles. The number of aliphatic carboxylic acids is 1. The van der Waals surface area contributed by atoms with Gasteiger partial charge in [-0.25, -0.2) is 0 Å². The molecule has 1 saturated heterocycles. The van der Waals surface area contributed by atoms with Crippen LogP contribution in [0.3, 0.4) is 0 Å². The highest BCUT2D eigenvalue weighted by Crippen LogP contribution is 2.26. The average molecular weight is 263 g/mol. The maximum Gasteiger partial charge on any atom is 0.303 e. The molecular weight excluding hydrogens is 242 g/mol. The second-order valence-corrected chi connectivity index (χ2v) is 5.06. The summed E-state index contributed by atoms with van der Waals surface area (Å²) in [6.45, 7) is 4.41. The van der Waals surface area contributed by atoms with Crippen LogP contribution in [0, 0.1) is 0 Å². The highest BCUT2D eigenvalue weighted by molar-refractivity contribution is 5.66. The molecule has 104 valence electrons. The molecule has 0 aromatic heterocycles. The van der Waals surface area contributed by atoms with Gasteiger partial charge in [0.1, 0.15) is 0 Å². The van der Waals surface area contributed by atoms with Crippen LogP contribution >= 0.6 is 0 Å². The Hall–Kier alpha value is -1.39. The molecule has 0 bridgehead atoms. The molecule has 4 nitrogen and oxygen atoms in total. The molecule has 1 heterocycles. The minimum absolute atomic E-state index is 0.213. The molecule has 1 aromatic carbocycles. The highest BCUT2D eigenvalue weighted by Gasteiger charge is 2.27. The number of ether oxygens (including phenoxy) is 1. The normalized spacial score (nSPS) is 24.3. The number of hydrogen-bond acceptors (Lipinski definition) is 3. The first-order chi connectivity index (χ1) is 9.16. The van der Waals surface area contributed by atoms with E-state index in [0.29, 0.717) is 13.0 Å². The highest BCUT2D eigenvalue weighted by atomic mass is 16.5. The van der Waals surface area contributed by atoms with Gasteiger partial charge in [-0.3, -0.25) is 9.69 Å². The van der Waals surface area contributed by atoms with Crippen molar-refractivity contribution in [1.82, 2.24) is 4.90 Å². The smallest absolute Gasteiger partial charge is 0.303 e. The molecule has 1 fully saturated rings. The summed E-state index contributed by atoms with van der Waals surface area (Å²) >= 11 is 0. The first-order valence-electron chi connectivity index (χ1n) is 6.79. The number of nitrogens with zero attached hydrogens (tertiary/aromatic N) is 1. The Labute approximate surface area is 114 Å². The zero-order valence-corrected chi connectivity index (χ0v) is 11.3. The van der Waals surface area contributed by atoms with Crippen molar-refractivity contribution in [2.45, 2.75) is 31.9 Å². The first kappa shape index (κ1) is 14.0. The number of rotatable bonds is 5. The Kier molecular flexibility index (Phi) is 4.93. The fourth-order valence-electron chi connectivity index (χ4n) is 2.53. The second-order valence-electron chi connectivity index (χ2n) is 5.06. The molecule has 0 radical (unpaired) electrons. The minimum atomic E-state index is -0.724. The van der Waals surface area contributed by atoms with Crippen LogP contribution in [0.1, 0.15) is 31.4 Å². The molecule has 0 spiro atoms. The standard InChI is InChI=1S/C15H21NO3/c1-12-10-16(9-5-8-15(17)18)14(11-19-12)13-6-3-2-4-7-13/h2-4,6-7,12,14H,5,8-11H2,1H3,(H,17,18). The van der Waals surface area contributed by atoms with Crippen LogP contribution in [0.15, 0.2) is 30.3 Å². The summed E-state index contributed by atoms with van der Waals surface area (Å²) in [5.74, 6) is -0.724. The quantitative estimate of drug-likeness (QED) is 0.885. The number of benzene rings is 1. The molecule has 4 heteroatoms. The van der Waals surface area contributed by atoms with Gasteiger partial charge in [0.15, 0.2) is 0 Å². The van der Waals surface area contributed by atoms with Crippen molar-refractivity contribution in [3.8, 4) is 0 Å². The third-order valence-electron chi connectivity index (χ3n) is 3.49. The van der Waals surface area contributed by atoms with E-state index in [9.17, 15) is 4.79 Å². The van der Waals surface area contributed by atoms with Crippen molar-refractivity contribution in [3.63, 3.8) is 0 Å². The zero-order valence-electron chi connectivity index (χ0n) is 11.3. The maximum absolute atomic E-state index is 10.6. The fraction of sp³-hybridized carbons (Fsp3) is 0.533. The van der Waals surface area contributed by atoms with E-state index in [1.165, 1.54) is 5.56 Å². The van der Waals surface area contributed by atoms with Crippen molar-refractivity contribution in [1.29, 1.82) is 0 Å². The molecule has 2 atom stereocenters. The van der Waals surface area contributed by atoms with Gasteiger partial charge in [0, 0.05) is 13.0 Å². The van der Waals surface area contributed by atoms with Gasteiger partial charge in [-0.15, -0.1) is 0 Å².